The number of ether oxygens (including phenoxy) is 1. The molecule has 0 bridgehead atoms. The fraction of sp³-hybridized carbons (Fsp3) is 0.308. The number of H-pyrrole nitrogens is 1. The van der Waals surface area contributed by atoms with Crippen LogP contribution in [0.3, 0.4) is 0 Å². The zero-order valence-corrected chi connectivity index (χ0v) is 19.7. The molecule has 2 heterocycles. The summed E-state index contributed by atoms with van der Waals surface area (Å²) in [6.07, 6.45) is 1.59. The number of aromatic amines is 1. The van der Waals surface area contributed by atoms with Crippen molar-refractivity contribution in [1.29, 1.82) is 0 Å². The van der Waals surface area contributed by atoms with E-state index in [1.165, 1.54) is 11.1 Å². The fourth-order valence-corrected chi connectivity index (χ4v) is 3.83. The van der Waals surface area contributed by atoms with Crippen molar-refractivity contribution in [3.63, 3.8) is 0 Å². The predicted molar refractivity (Wildman–Crippen MR) is 135 cm³/mol. The Bertz CT molecular complexity index is 1190. The van der Waals surface area contributed by atoms with Gasteiger partial charge >= 0.3 is 0 Å². The van der Waals surface area contributed by atoms with Crippen LogP contribution in [0.1, 0.15) is 24.1 Å². The molecule has 1 atom stereocenters. The van der Waals surface area contributed by atoms with Crippen LogP contribution in [0.2, 0.25) is 0 Å². The summed E-state index contributed by atoms with van der Waals surface area (Å²) >= 11 is 0. The number of fused-ring (bicyclic) bond motifs is 1. The number of aromatic nitrogens is 3. The molecular formula is C26H32N6O. The minimum Gasteiger partial charge on any atom is -0.496 e. The topological polar surface area (TPSA) is 78.1 Å². The fourth-order valence-electron chi connectivity index (χ4n) is 3.83. The van der Waals surface area contributed by atoms with Gasteiger partial charge in [-0.3, -0.25) is 0 Å². The van der Waals surface area contributed by atoms with Crippen molar-refractivity contribution in [2.45, 2.75) is 19.5 Å². The molecule has 0 saturated carbocycles. The van der Waals surface area contributed by atoms with Crippen molar-refractivity contribution in [2.24, 2.45) is 0 Å². The molecule has 0 spiro atoms. The van der Waals surface area contributed by atoms with E-state index in [0.29, 0.717) is 0 Å². The lowest BCUT2D eigenvalue weighted by molar-refractivity contribution is 0.399. The summed E-state index contributed by atoms with van der Waals surface area (Å²) in [5.74, 6) is 1.63. The van der Waals surface area contributed by atoms with Crippen LogP contribution in [0, 0.1) is 0 Å². The number of anilines is 1. The molecule has 7 nitrogen and oxygen atoms in total. The lowest BCUT2D eigenvalue weighted by atomic mass is 10.1. The van der Waals surface area contributed by atoms with Crippen molar-refractivity contribution in [2.75, 3.05) is 39.6 Å². The van der Waals surface area contributed by atoms with E-state index in [-0.39, 0.29) is 6.04 Å². The molecule has 0 amide bonds. The van der Waals surface area contributed by atoms with Crippen LogP contribution in [-0.2, 0) is 6.54 Å². The Morgan fingerprint density at radius 3 is 2.64 bits per heavy atom. The highest BCUT2D eigenvalue weighted by Gasteiger charge is 2.15. The lowest BCUT2D eigenvalue weighted by Gasteiger charge is -2.15. The maximum atomic E-state index is 5.73. The average molecular weight is 445 g/mol. The van der Waals surface area contributed by atoms with Gasteiger partial charge in [0, 0.05) is 31.2 Å². The molecule has 4 aromatic rings. The number of hydrogen-bond donors (Lipinski definition) is 3. The van der Waals surface area contributed by atoms with Gasteiger partial charge in [0.2, 0.25) is 0 Å². The molecule has 4 rings (SSSR count). The molecule has 0 aliphatic heterocycles. The third kappa shape index (κ3) is 5.50. The van der Waals surface area contributed by atoms with E-state index < -0.39 is 0 Å². The van der Waals surface area contributed by atoms with Crippen LogP contribution < -0.4 is 15.4 Å². The van der Waals surface area contributed by atoms with Crippen LogP contribution >= 0.6 is 0 Å². The minimum atomic E-state index is 0.122. The lowest BCUT2D eigenvalue weighted by Crippen LogP contribution is -2.26. The largest absolute Gasteiger partial charge is 0.496 e. The smallest absolute Gasteiger partial charge is 0.143 e. The van der Waals surface area contributed by atoms with E-state index in [9.17, 15) is 0 Å². The summed E-state index contributed by atoms with van der Waals surface area (Å²) in [6, 6.07) is 18.9. The molecule has 7 heteroatoms. The maximum absolute atomic E-state index is 5.73. The summed E-state index contributed by atoms with van der Waals surface area (Å²) < 4.78 is 5.73. The summed E-state index contributed by atoms with van der Waals surface area (Å²) in [5.41, 5.74) is 5.12. The molecule has 0 unspecified atom stereocenters. The average Bonchev–Trinajstić information content (AvgIpc) is 3.27. The van der Waals surface area contributed by atoms with Crippen LogP contribution in [0.5, 0.6) is 5.75 Å². The van der Waals surface area contributed by atoms with Crippen LogP contribution in [-0.4, -0.2) is 54.1 Å². The second-order valence-electron chi connectivity index (χ2n) is 8.46. The normalized spacial score (nSPS) is 12.3. The van der Waals surface area contributed by atoms with Gasteiger partial charge in [-0.15, -0.1) is 0 Å². The van der Waals surface area contributed by atoms with Crippen molar-refractivity contribution in [3.05, 3.63) is 72.1 Å². The highest BCUT2D eigenvalue weighted by Crippen LogP contribution is 2.34. The van der Waals surface area contributed by atoms with Crippen LogP contribution in [0.4, 0.5) is 5.82 Å². The molecule has 3 N–H and O–H groups in total. The second kappa shape index (κ2) is 10.5. The van der Waals surface area contributed by atoms with Crippen molar-refractivity contribution in [3.8, 4) is 17.0 Å². The van der Waals surface area contributed by atoms with Gasteiger partial charge in [0.25, 0.3) is 0 Å². The van der Waals surface area contributed by atoms with E-state index in [2.05, 4.69) is 87.9 Å². The number of hydrogen-bond acceptors (Lipinski definition) is 6. The van der Waals surface area contributed by atoms with E-state index in [1.807, 2.05) is 18.2 Å². The number of nitrogens with one attached hydrogen (secondary N) is 3. The van der Waals surface area contributed by atoms with Crippen molar-refractivity contribution < 1.29 is 4.74 Å². The SMILES string of the molecule is COc1cc(CNCCN(C)C)ccc1-c1cc2c(N[C@H](C)c3ccccc3)ncnc2[nH]1. The molecule has 0 aliphatic rings. The van der Waals surface area contributed by atoms with E-state index in [0.717, 1.165) is 53.5 Å². The summed E-state index contributed by atoms with van der Waals surface area (Å²) in [4.78, 5) is 14.5. The first kappa shape index (κ1) is 22.8. The molecule has 0 aliphatic carbocycles. The van der Waals surface area contributed by atoms with Gasteiger partial charge in [0.15, 0.2) is 0 Å². The van der Waals surface area contributed by atoms with Crippen LogP contribution in [0.25, 0.3) is 22.3 Å². The zero-order chi connectivity index (χ0) is 23.2. The minimum absolute atomic E-state index is 0.122. The quantitative estimate of drug-likeness (QED) is 0.314. The summed E-state index contributed by atoms with van der Waals surface area (Å²) in [5, 5.41) is 7.95. The third-order valence-electron chi connectivity index (χ3n) is 5.70. The number of likely N-dealkylation sites (N-methyl/N-ethyl adjacent to an activating group) is 1. The highest BCUT2D eigenvalue weighted by atomic mass is 16.5. The maximum Gasteiger partial charge on any atom is 0.143 e. The molecular weight excluding hydrogens is 412 g/mol. The predicted octanol–water partition coefficient (Wildman–Crippen LogP) is 4.46. The number of rotatable bonds is 10. The molecule has 33 heavy (non-hydrogen) atoms. The second-order valence-corrected chi connectivity index (χ2v) is 8.46. The molecule has 172 valence electrons. The van der Waals surface area contributed by atoms with Gasteiger partial charge in [-0.05, 0) is 50.3 Å². The van der Waals surface area contributed by atoms with Gasteiger partial charge in [-0.25, -0.2) is 9.97 Å². The van der Waals surface area contributed by atoms with Crippen LogP contribution in [0.15, 0.2) is 60.9 Å². The van der Waals surface area contributed by atoms with Gasteiger partial charge < -0.3 is 25.3 Å². The molecule has 0 radical (unpaired) electrons. The Morgan fingerprint density at radius 2 is 1.88 bits per heavy atom. The van der Waals surface area contributed by atoms with Gasteiger partial charge in [0.1, 0.15) is 23.5 Å². The summed E-state index contributed by atoms with van der Waals surface area (Å²) in [7, 11) is 5.86. The van der Waals surface area contributed by atoms with E-state index in [4.69, 9.17) is 4.74 Å². The van der Waals surface area contributed by atoms with Gasteiger partial charge in [0.05, 0.1) is 18.2 Å². The Kier molecular flexibility index (Phi) is 7.22. The first-order valence-electron chi connectivity index (χ1n) is 11.2. The molecule has 2 aromatic carbocycles. The Labute approximate surface area is 195 Å². The number of benzene rings is 2. The molecule has 0 fully saturated rings. The van der Waals surface area contributed by atoms with E-state index in [1.54, 1.807) is 13.4 Å². The first-order valence-corrected chi connectivity index (χ1v) is 11.2. The van der Waals surface area contributed by atoms with Crippen molar-refractivity contribution in [1.82, 2.24) is 25.2 Å². The number of methoxy groups -OCH3 is 1. The Hall–Kier alpha value is -3.42. The first-order chi connectivity index (χ1) is 16.0. The van der Waals surface area contributed by atoms with Gasteiger partial charge in [-0.2, -0.15) is 0 Å². The molecule has 2 aromatic heterocycles. The van der Waals surface area contributed by atoms with Gasteiger partial charge in [-0.1, -0.05) is 36.4 Å². The third-order valence-corrected chi connectivity index (χ3v) is 5.70. The van der Waals surface area contributed by atoms with E-state index >= 15 is 0 Å². The molecule has 0 saturated heterocycles. The zero-order valence-electron chi connectivity index (χ0n) is 19.7. The highest BCUT2D eigenvalue weighted by molar-refractivity contribution is 5.92. The Morgan fingerprint density at radius 1 is 1.06 bits per heavy atom. The van der Waals surface area contributed by atoms with Crippen molar-refractivity contribution >= 4 is 16.9 Å². The number of nitrogens with zero attached hydrogens (tertiary/aromatic N) is 3. The summed E-state index contributed by atoms with van der Waals surface area (Å²) in [6.45, 7) is 4.87. The Balaban J connectivity index is 1.56. The standard InChI is InChI=1S/C26H32N6O/c1-18(20-8-6-5-7-9-20)30-25-22-15-23(31-26(22)29-17-28-25)21-11-10-19(14-24(21)33-4)16-27-12-13-32(2)3/h5-11,14-15,17-18,27H,12-13,16H2,1-4H3,(H2,28,29,30,31)/t18-/m1/s1. The monoisotopic (exact) mass is 444 g/mol.